The Kier molecular flexibility index (Phi) is 3.23. The molecule has 0 spiro atoms. The van der Waals surface area contributed by atoms with Crippen LogP contribution in [0.2, 0.25) is 0 Å². The van der Waals surface area contributed by atoms with E-state index in [4.69, 9.17) is 0 Å². The Balaban J connectivity index is 1.80. The number of pyridine rings is 1. The lowest BCUT2D eigenvalue weighted by atomic mass is 10.1. The Morgan fingerprint density at radius 1 is 1.14 bits per heavy atom. The van der Waals surface area contributed by atoms with Gasteiger partial charge in [-0.2, -0.15) is 5.10 Å². The average Bonchev–Trinajstić information content (AvgIpc) is 2.91. The number of nitrogens with zero attached hydrogens (tertiary/aromatic N) is 5. The zero-order chi connectivity index (χ0) is 14.9. The standard InChI is InChI=1S/C16H18N6/c1-12-16(22-14(20-12)3-2-5-19-22)13-4-6-18-15(11-13)21-9-7-17-8-10-21/h2-6,11,17H,7-10H2,1H3. The molecule has 0 atom stereocenters. The van der Waals surface area contributed by atoms with Crippen LogP contribution < -0.4 is 10.2 Å². The third-order valence-electron chi connectivity index (χ3n) is 4.03. The number of hydrogen-bond donors (Lipinski definition) is 1. The number of hydrogen-bond acceptors (Lipinski definition) is 5. The van der Waals surface area contributed by atoms with E-state index in [1.54, 1.807) is 6.20 Å². The number of anilines is 1. The van der Waals surface area contributed by atoms with Crippen LogP contribution in [-0.2, 0) is 0 Å². The monoisotopic (exact) mass is 294 g/mol. The molecule has 3 aromatic heterocycles. The summed E-state index contributed by atoms with van der Waals surface area (Å²) < 4.78 is 1.90. The van der Waals surface area contributed by atoms with Crippen molar-refractivity contribution in [3.8, 4) is 11.3 Å². The van der Waals surface area contributed by atoms with Crippen LogP contribution in [0.15, 0.2) is 36.7 Å². The molecule has 1 N–H and O–H groups in total. The van der Waals surface area contributed by atoms with E-state index in [-0.39, 0.29) is 0 Å². The maximum absolute atomic E-state index is 4.59. The molecular weight excluding hydrogens is 276 g/mol. The van der Waals surface area contributed by atoms with Gasteiger partial charge in [-0.05, 0) is 31.2 Å². The van der Waals surface area contributed by atoms with Crippen LogP contribution >= 0.6 is 0 Å². The first-order valence-corrected chi connectivity index (χ1v) is 7.55. The van der Waals surface area contributed by atoms with Gasteiger partial charge >= 0.3 is 0 Å². The summed E-state index contributed by atoms with van der Waals surface area (Å²) in [7, 11) is 0. The quantitative estimate of drug-likeness (QED) is 0.776. The lowest BCUT2D eigenvalue weighted by Crippen LogP contribution is -2.43. The van der Waals surface area contributed by atoms with Crippen molar-refractivity contribution in [1.82, 2.24) is 24.9 Å². The van der Waals surface area contributed by atoms with Crippen LogP contribution in [0.1, 0.15) is 5.69 Å². The molecule has 4 rings (SSSR count). The third kappa shape index (κ3) is 2.21. The molecule has 6 nitrogen and oxygen atoms in total. The summed E-state index contributed by atoms with van der Waals surface area (Å²) in [6.45, 7) is 6.00. The Hall–Kier alpha value is -2.47. The first-order chi connectivity index (χ1) is 10.8. The average molecular weight is 294 g/mol. The van der Waals surface area contributed by atoms with Gasteiger partial charge in [0, 0.05) is 44.1 Å². The van der Waals surface area contributed by atoms with Crippen molar-refractivity contribution in [3.63, 3.8) is 0 Å². The van der Waals surface area contributed by atoms with E-state index < -0.39 is 0 Å². The minimum Gasteiger partial charge on any atom is -0.354 e. The largest absolute Gasteiger partial charge is 0.354 e. The second kappa shape index (κ2) is 5.38. The minimum atomic E-state index is 0.871. The first kappa shape index (κ1) is 13.2. The van der Waals surface area contributed by atoms with Gasteiger partial charge in [0.05, 0.1) is 11.4 Å². The fourth-order valence-corrected chi connectivity index (χ4v) is 2.96. The molecule has 3 aromatic rings. The molecule has 0 amide bonds. The molecule has 1 aliphatic rings. The van der Waals surface area contributed by atoms with Gasteiger partial charge in [0.15, 0.2) is 5.65 Å². The molecular formula is C16H18N6. The van der Waals surface area contributed by atoms with Crippen molar-refractivity contribution >= 4 is 11.5 Å². The van der Waals surface area contributed by atoms with Crippen molar-refractivity contribution < 1.29 is 0 Å². The van der Waals surface area contributed by atoms with Crippen LogP contribution in [0.3, 0.4) is 0 Å². The van der Waals surface area contributed by atoms with E-state index >= 15 is 0 Å². The van der Waals surface area contributed by atoms with Crippen molar-refractivity contribution in [2.45, 2.75) is 6.92 Å². The van der Waals surface area contributed by atoms with Gasteiger partial charge in [-0.15, -0.1) is 0 Å². The van der Waals surface area contributed by atoms with Gasteiger partial charge in [-0.25, -0.2) is 14.5 Å². The fraction of sp³-hybridized carbons (Fsp3) is 0.312. The van der Waals surface area contributed by atoms with E-state index in [0.29, 0.717) is 0 Å². The van der Waals surface area contributed by atoms with Crippen molar-refractivity contribution in [1.29, 1.82) is 0 Å². The summed E-state index contributed by atoms with van der Waals surface area (Å²) in [6, 6.07) is 8.04. The number of aromatic nitrogens is 4. The molecule has 1 aliphatic heterocycles. The Labute approximate surface area is 128 Å². The zero-order valence-corrected chi connectivity index (χ0v) is 12.5. The molecule has 0 bridgehead atoms. The van der Waals surface area contributed by atoms with E-state index in [1.165, 1.54) is 0 Å². The molecule has 112 valence electrons. The van der Waals surface area contributed by atoms with Crippen LogP contribution in [-0.4, -0.2) is 45.8 Å². The Morgan fingerprint density at radius 3 is 2.86 bits per heavy atom. The van der Waals surface area contributed by atoms with Gasteiger partial charge < -0.3 is 10.2 Å². The van der Waals surface area contributed by atoms with Gasteiger partial charge in [0.25, 0.3) is 0 Å². The lowest BCUT2D eigenvalue weighted by Gasteiger charge is -2.28. The lowest BCUT2D eigenvalue weighted by molar-refractivity contribution is 0.585. The highest BCUT2D eigenvalue weighted by Crippen LogP contribution is 2.26. The number of aryl methyl sites for hydroxylation is 1. The number of fused-ring (bicyclic) bond motifs is 1. The van der Waals surface area contributed by atoms with Crippen molar-refractivity contribution in [2.24, 2.45) is 0 Å². The van der Waals surface area contributed by atoms with Gasteiger partial charge in [0.1, 0.15) is 5.82 Å². The maximum atomic E-state index is 4.59. The molecule has 6 heteroatoms. The van der Waals surface area contributed by atoms with Gasteiger partial charge in [0.2, 0.25) is 0 Å². The number of piperazine rings is 1. The molecule has 0 aliphatic carbocycles. The number of rotatable bonds is 2. The Bertz CT molecular complexity index is 803. The van der Waals surface area contributed by atoms with Crippen LogP contribution in [0.5, 0.6) is 0 Å². The molecule has 22 heavy (non-hydrogen) atoms. The van der Waals surface area contributed by atoms with Gasteiger partial charge in [-0.1, -0.05) is 0 Å². The molecule has 1 fully saturated rings. The molecule has 0 radical (unpaired) electrons. The normalized spacial score (nSPS) is 15.4. The van der Waals surface area contributed by atoms with Gasteiger partial charge in [-0.3, -0.25) is 0 Å². The fourth-order valence-electron chi connectivity index (χ4n) is 2.96. The SMILES string of the molecule is Cc1nc2cccnn2c1-c1ccnc(N2CCNCC2)c1. The van der Waals surface area contributed by atoms with Crippen LogP contribution in [0.25, 0.3) is 16.9 Å². The van der Waals surface area contributed by atoms with E-state index in [9.17, 15) is 0 Å². The second-order valence-electron chi connectivity index (χ2n) is 5.48. The van der Waals surface area contributed by atoms with Crippen LogP contribution in [0.4, 0.5) is 5.82 Å². The summed E-state index contributed by atoms with van der Waals surface area (Å²) in [5, 5.41) is 7.80. The second-order valence-corrected chi connectivity index (χ2v) is 5.48. The predicted molar refractivity (Wildman–Crippen MR) is 86.0 cm³/mol. The summed E-state index contributed by atoms with van der Waals surface area (Å²) in [6.07, 6.45) is 3.66. The first-order valence-electron chi connectivity index (χ1n) is 7.55. The van der Waals surface area contributed by atoms with E-state index in [0.717, 1.165) is 54.6 Å². The predicted octanol–water partition coefficient (Wildman–Crippen LogP) is 1.51. The molecule has 0 aromatic carbocycles. The summed E-state index contributed by atoms with van der Waals surface area (Å²) in [5.74, 6) is 1.02. The van der Waals surface area contributed by atoms with Crippen LogP contribution in [0, 0.1) is 6.92 Å². The highest BCUT2D eigenvalue weighted by molar-refractivity contribution is 5.68. The maximum Gasteiger partial charge on any atom is 0.154 e. The summed E-state index contributed by atoms with van der Waals surface area (Å²) in [4.78, 5) is 11.4. The minimum absolute atomic E-state index is 0.871. The molecule has 1 saturated heterocycles. The summed E-state index contributed by atoms with van der Waals surface area (Å²) in [5.41, 5.74) is 3.99. The number of nitrogens with one attached hydrogen (secondary N) is 1. The van der Waals surface area contributed by atoms with Crippen molar-refractivity contribution in [2.75, 3.05) is 31.1 Å². The molecule has 0 saturated carbocycles. The highest BCUT2D eigenvalue weighted by atomic mass is 15.3. The zero-order valence-electron chi connectivity index (χ0n) is 12.5. The topological polar surface area (TPSA) is 58.4 Å². The highest BCUT2D eigenvalue weighted by Gasteiger charge is 2.15. The molecule has 0 unspecified atom stereocenters. The number of imidazole rings is 1. The Morgan fingerprint density at radius 2 is 2.00 bits per heavy atom. The smallest absolute Gasteiger partial charge is 0.154 e. The molecule has 4 heterocycles. The van der Waals surface area contributed by atoms with E-state index in [1.807, 2.05) is 35.8 Å². The van der Waals surface area contributed by atoms with E-state index in [2.05, 4.69) is 31.3 Å². The van der Waals surface area contributed by atoms with Crippen molar-refractivity contribution in [3.05, 3.63) is 42.4 Å². The summed E-state index contributed by atoms with van der Waals surface area (Å²) >= 11 is 0. The third-order valence-corrected chi connectivity index (χ3v) is 4.03.